The maximum atomic E-state index is 6.64. The fraction of sp³-hybridized carbons (Fsp3) is 0.647. The Morgan fingerprint density at radius 3 is 1.49 bits per heavy atom. The van der Waals surface area contributed by atoms with Crippen LogP contribution >= 0.6 is 0 Å². The largest absolute Gasteiger partial charge is 0.358 e. The average molecular weight is 506 g/mol. The smallest absolute Gasteiger partial charge is 0.114 e. The van der Waals surface area contributed by atoms with Crippen LogP contribution in [0.25, 0.3) is 0 Å². The second-order valence-electron chi connectivity index (χ2n) is 12.9. The molecule has 2 aromatic carbocycles. The minimum atomic E-state index is -0.0817. The number of hydrogen-bond donors (Lipinski definition) is 0. The molecule has 0 amide bonds. The van der Waals surface area contributed by atoms with Crippen molar-refractivity contribution in [3.05, 3.63) is 69.8 Å². The van der Waals surface area contributed by atoms with E-state index < -0.39 is 0 Å². The summed E-state index contributed by atoms with van der Waals surface area (Å²) in [5, 5.41) is 0. The third-order valence-electron chi connectivity index (χ3n) is 8.97. The summed E-state index contributed by atoms with van der Waals surface area (Å²) in [4.78, 5) is 2.59. The number of aryl methyl sites for hydroxylation is 4. The first-order valence-electron chi connectivity index (χ1n) is 14.7. The standard InChI is InChI=1S/C34H51NO2/c1-22(2)18-28-10-12-30(24(5)20-28)14-16-32-35-33(37-27(8)34(35,9)26(7)36-32)17-15-31-13-11-29(19-23(3)4)21-25(31)6/h10-13,20-23,26-27,32-33H,14-19H2,1-9H3. The fourth-order valence-corrected chi connectivity index (χ4v) is 6.68. The van der Waals surface area contributed by atoms with E-state index in [1.165, 1.54) is 33.4 Å². The Morgan fingerprint density at radius 1 is 0.730 bits per heavy atom. The third kappa shape index (κ3) is 6.15. The van der Waals surface area contributed by atoms with Crippen molar-refractivity contribution in [2.45, 2.75) is 131 Å². The fourth-order valence-electron chi connectivity index (χ4n) is 6.68. The molecule has 3 heteroatoms. The monoisotopic (exact) mass is 505 g/mol. The normalized spacial score (nSPS) is 28.0. The predicted octanol–water partition coefficient (Wildman–Crippen LogP) is 7.82. The van der Waals surface area contributed by atoms with Crippen molar-refractivity contribution < 1.29 is 9.47 Å². The first kappa shape index (κ1) is 28.3. The number of nitrogens with zero attached hydrogens (tertiary/aromatic N) is 1. The molecule has 204 valence electrons. The van der Waals surface area contributed by atoms with Gasteiger partial charge in [0.05, 0.1) is 17.7 Å². The van der Waals surface area contributed by atoms with Gasteiger partial charge in [-0.2, -0.15) is 0 Å². The molecule has 0 N–H and O–H groups in total. The van der Waals surface area contributed by atoms with Gasteiger partial charge in [-0.05, 0) is 118 Å². The molecule has 2 fully saturated rings. The first-order chi connectivity index (χ1) is 17.5. The molecular weight excluding hydrogens is 454 g/mol. The summed E-state index contributed by atoms with van der Waals surface area (Å²) < 4.78 is 13.3. The molecule has 3 nitrogen and oxygen atoms in total. The van der Waals surface area contributed by atoms with E-state index in [0.29, 0.717) is 11.8 Å². The van der Waals surface area contributed by atoms with Crippen LogP contribution in [0.5, 0.6) is 0 Å². The SMILES string of the molecule is Cc1cc(CC(C)C)ccc1CCC1OC(C)C2(C)C(C)OC(CCc3ccc(CC(C)C)cc3C)N12. The minimum absolute atomic E-state index is 0.0817. The van der Waals surface area contributed by atoms with Gasteiger partial charge in [-0.15, -0.1) is 0 Å². The Hall–Kier alpha value is -1.68. The quantitative estimate of drug-likeness (QED) is 0.329. The Kier molecular flexibility index (Phi) is 8.88. The summed E-state index contributed by atoms with van der Waals surface area (Å²) in [6.45, 7) is 20.5. The molecule has 0 spiro atoms. The van der Waals surface area contributed by atoms with Crippen LogP contribution in [0, 0.1) is 25.7 Å². The maximum absolute atomic E-state index is 6.64. The second-order valence-corrected chi connectivity index (χ2v) is 12.9. The average Bonchev–Trinajstić information content (AvgIpc) is 3.22. The highest BCUT2D eigenvalue weighted by atomic mass is 16.6. The van der Waals surface area contributed by atoms with Crippen molar-refractivity contribution >= 4 is 0 Å². The van der Waals surface area contributed by atoms with Gasteiger partial charge in [0.1, 0.15) is 12.5 Å². The molecule has 2 aromatic rings. The van der Waals surface area contributed by atoms with Crippen LogP contribution < -0.4 is 0 Å². The lowest BCUT2D eigenvalue weighted by atomic mass is 9.89. The molecule has 2 heterocycles. The topological polar surface area (TPSA) is 21.7 Å². The lowest BCUT2D eigenvalue weighted by Crippen LogP contribution is -2.51. The van der Waals surface area contributed by atoms with Crippen LogP contribution in [0.15, 0.2) is 36.4 Å². The molecule has 0 saturated carbocycles. The summed E-state index contributed by atoms with van der Waals surface area (Å²) in [5.41, 5.74) is 8.52. The Balaban J connectivity index is 1.44. The van der Waals surface area contributed by atoms with Crippen LogP contribution in [-0.4, -0.2) is 35.1 Å². The second kappa shape index (κ2) is 11.6. The zero-order chi connectivity index (χ0) is 26.9. The maximum Gasteiger partial charge on any atom is 0.114 e. The van der Waals surface area contributed by atoms with E-state index in [1.807, 2.05) is 0 Å². The Morgan fingerprint density at radius 2 is 1.14 bits per heavy atom. The molecule has 4 unspecified atom stereocenters. The van der Waals surface area contributed by atoms with E-state index in [2.05, 4.69) is 104 Å². The highest BCUT2D eigenvalue weighted by molar-refractivity contribution is 5.32. The van der Waals surface area contributed by atoms with Gasteiger partial charge in [0, 0.05) is 0 Å². The van der Waals surface area contributed by atoms with E-state index >= 15 is 0 Å². The number of fused-ring (bicyclic) bond motifs is 1. The molecule has 0 radical (unpaired) electrons. The van der Waals surface area contributed by atoms with Gasteiger partial charge in [-0.1, -0.05) is 64.1 Å². The predicted molar refractivity (Wildman–Crippen MR) is 155 cm³/mol. The number of ether oxygens (including phenoxy) is 2. The number of hydrogen-bond acceptors (Lipinski definition) is 3. The van der Waals surface area contributed by atoms with Crippen LogP contribution in [-0.2, 0) is 35.2 Å². The Labute approximate surface area is 226 Å². The van der Waals surface area contributed by atoms with Crippen molar-refractivity contribution in [2.24, 2.45) is 11.8 Å². The Bertz CT molecular complexity index is 978. The van der Waals surface area contributed by atoms with Crippen LogP contribution in [0.2, 0.25) is 0 Å². The van der Waals surface area contributed by atoms with Gasteiger partial charge >= 0.3 is 0 Å². The lowest BCUT2D eigenvalue weighted by Gasteiger charge is -2.34. The molecule has 37 heavy (non-hydrogen) atoms. The van der Waals surface area contributed by atoms with Gasteiger partial charge in [-0.25, -0.2) is 4.90 Å². The van der Waals surface area contributed by atoms with E-state index in [1.54, 1.807) is 0 Å². The van der Waals surface area contributed by atoms with Gasteiger partial charge in [0.15, 0.2) is 0 Å². The lowest BCUT2D eigenvalue weighted by molar-refractivity contribution is -0.0862. The van der Waals surface area contributed by atoms with Gasteiger partial charge in [-0.3, -0.25) is 0 Å². The van der Waals surface area contributed by atoms with E-state index in [-0.39, 0.29) is 30.2 Å². The number of benzene rings is 2. The molecule has 2 saturated heterocycles. The summed E-state index contributed by atoms with van der Waals surface area (Å²) in [5.74, 6) is 1.37. The minimum Gasteiger partial charge on any atom is -0.358 e. The van der Waals surface area contributed by atoms with E-state index in [4.69, 9.17) is 9.47 Å². The van der Waals surface area contributed by atoms with E-state index in [9.17, 15) is 0 Å². The summed E-state index contributed by atoms with van der Waals surface area (Å²) in [7, 11) is 0. The highest BCUT2D eigenvalue weighted by Gasteiger charge is 2.60. The van der Waals surface area contributed by atoms with Crippen molar-refractivity contribution in [1.82, 2.24) is 4.90 Å². The van der Waals surface area contributed by atoms with Gasteiger partial charge in [0.25, 0.3) is 0 Å². The molecule has 0 aromatic heterocycles. The molecule has 2 aliphatic rings. The van der Waals surface area contributed by atoms with E-state index in [0.717, 1.165) is 38.5 Å². The number of rotatable bonds is 10. The molecule has 4 atom stereocenters. The van der Waals surface area contributed by atoms with Crippen molar-refractivity contribution in [2.75, 3.05) is 0 Å². The van der Waals surface area contributed by atoms with Crippen LogP contribution in [0.1, 0.15) is 94.7 Å². The summed E-state index contributed by atoms with van der Waals surface area (Å²) in [6.07, 6.45) is 6.87. The summed E-state index contributed by atoms with van der Waals surface area (Å²) in [6, 6.07) is 14.1. The molecular formula is C34H51NO2. The van der Waals surface area contributed by atoms with Gasteiger partial charge in [0.2, 0.25) is 0 Å². The summed E-state index contributed by atoms with van der Waals surface area (Å²) >= 11 is 0. The van der Waals surface area contributed by atoms with Crippen molar-refractivity contribution in [3.63, 3.8) is 0 Å². The molecule has 4 rings (SSSR count). The molecule has 2 aliphatic heterocycles. The van der Waals surface area contributed by atoms with Crippen molar-refractivity contribution in [1.29, 1.82) is 0 Å². The third-order valence-corrected chi connectivity index (χ3v) is 8.97. The van der Waals surface area contributed by atoms with Crippen LogP contribution in [0.3, 0.4) is 0 Å². The van der Waals surface area contributed by atoms with Crippen molar-refractivity contribution in [3.8, 4) is 0 Å². The molecule has 0 aliphatic carbocycles. The zero-order valence-corrected chi connectivity index (χ0v) is 24.9. The zero-order valence-electron chi connectivity index (χ0n) is 24.9. The van der Waals surface area contributed by atoms with Gasteiger partial charge < -0.3 is 9.47 Å². The highest BCUT2D eigenvalue weighted by Crippen LogP contribution is 2.46. The molecule has 0 bridgehead atoms. The van der Waals surface area contributed by atoms with Crippen LogP contribution in [0.4, 0.5) is 0 Å². The first-order valence-corrected chi connectivity index (χ1v) is 14.7.